The summed E-state index contributed by atoms with van der Waals surface area (Å²) in [6.45, 7) is 1.84. The van der Waals surface area contributed by atoms with Crippen LogP contribution in [0.4, 0.5) is 0 Å². The maximum absolute atomic E-state index is 5.89. The Balaban J connectivity index is 0.00000162. The lowest BCUT2D eigenvalue weighted by Gasteiger charge is -2.26. The van der Waals surface area contributed by atoms with Crippen molar-refractivity contribution in [3.8, 4) is 0 Å². The Labute approximate surface area is 128 Å². The summed E-state index contributed by atoms with van der Waals surface area (Å²) in [6, 6.07) is 0.569. The molecule has 106 valence electrons. The van der Waals surface area contributed by atoms with Crippen LogP contribution in [0.1, 0.15) is 32.1 Å². The highest BCUT2D eigenvalue weighted by atomic mass is 127. The molecule has 0 heterocycles. The molecule has 2 aliphatic carbocycles. The fraction of sp³-hybridized carbons (Fsp3) is 0.923. The Morgan fingerprint density at radius 3 is 2.44 bits per heavy atom. The summed E-state index contributed by atoms with van der Waals surface area (Å²) in [5.74, 6) is 2.30. The van der Waals surface area contributed by atoms with Gasteiger partial charge in [0.2, 0.25) is 0 Å². The fourth-order valence-electron chi connectivity index (χ4n) is 2.41. The fourth-order valence-corrected chi connectivity index (χ4v) is 2.41. The van der Waals surface area contributed by atoms with E-state index in [1.165, 1.54) is 32.1 Å². The van der Waals surface area contributed by atoms with Crippen LogP contribution in [0.15, 0.2) is 4.99 Å². The highest BCUT2D eigenvalue weighted by Crippen LogP contribution is 2.34. The summed E-state index contributed by atoms with van der Waals surface area (Å²) < 4.78 is 0. The molecule has 0 amide bonds. The van der Waals surface area contributed by atoms with Crippen molar-refractivity contribution in [1.29, 1.82) is 0 Å². The lowest BCUT2D eigenvalue weighted by Crippen LogP contribution is -2.39. The van der Waals surface area contributed by atoms with Crippen molar-refractivity contribution < 1.29 is 0 Å². The van der Waals surface area contributed by atoms with E-state index in [1.807, 2.05) is 0 Å². The van der Waals surface area contributed by atoms with Gasteiger partial charge >= 0.3 is 0 Å². The molecular weight excluding hydrogens is 339 g/mol. The van der Waals surface area contributed by atoms with Gasteiger partial charge in [-0.2, -0.15) is 0 Å². The van der Waals surface area contributed by atoms with Crippen molar-refractivity contribution in [2.45, 2.75) is 38.1 Å². The lowest BCUT2D eigenvalue weighted by atomic mass is 9.85. The zero-order valence-electron chi connectivity index (χ0n) is 11.6. The third kappa shape index (κ3) is 4.91. The van der Waals surface area contributed by atoms with Crippen LogP contribution in [0, 0.1) is 11.8 Å². The van der Waals surface area contributed by atoms with E-state index in [4.69, 9.17) is 5.73 Å². The highest BCUT2D eigenvalue weighted by molar-refractivity contribution is 14.0. The van der Waals surface area contributed by atoms with Crippen LogP contribution in [-0.2, 0) is 0 Å². The van der Waals surface area contributed by atoms with E-state index >= 15 is 0 Å². The molecule has 0 aromatic heterocycles. The number of halogens is 1. The third-order valence-electron chi connectivity index (χ3n) is 4.07. The number of rotatable bonds is 6. The summed E-state index contributed by atoms with van der Waals surface area (Å²) in [6.07, 6.45) is 6.79. The molecular formula is C13H27IN4. The second-order valence-electron chi connectivity index (χ2n) is 5.77. The second kappa shape index (κ2) is 7.53. The van der Waals surface area contributed by atoms with E-state index in [0.717, 1.165) is 24.9 Å². The van der Waals surface area contributed by atoms with Gasteiger partial charge in [0.25, 0.3) is 0 Å². The molecule has 0 aromatic carbocycles. The summed E-state index contributed by atoms with van der Waals surface area (Å²) in [5.41, 5.74) is 5.89. The number of nitrogens with zero attached hydrogens (tertiary/aromatic N) is 2. The molecule has 0 aromatic rings. The number of hydrogen-bond acceptors (Lipinski definition) is 2. The first-order chi connectivity index (χ1) is 8.16. The molecule has 2 saturated carbocycles. The molecule has 0 saturated heterocycles. The summed E-state index contributed by atoms with van der Waals surface area (Å²) in [7, 11) is 4.27. The quantitative estimate of drug-likeness (QED) is 0.427. The number of hydrogen-bond donors (Lipinski definition) is 2. The summed E-state index contributed by atoms with van der Waals surface area (Å²) >= 11 is 0. The molecule has 0 bridgehead atoms. The van der Waals surface area contributed by atoms with Crippen molar-refractivity contribution in [3.63, 3.8) is 0 Å². The van der Waals surface area contributed by atoms with Crippen LogP contribution in [-0.4, -0.2) is 44.1 Å². The van der Waals surface area contributed by atoms with Gasteiger partial charge in [-0.3, -0.25) is 4.99 Å². The number of nitrogens with two attached hydrogens (primary N) is 1. The normalized spacial score (nSPS) is 22.3. The van der Waals surface area contributed by atoms with E-state index in [1.54, 1.807) is 0 Å². The zero-order chi connectivity index (χ0) is 12.3. The minimum absolute atomic E-state index is 0. The molecule has 0 aliphatic heterocycles. The maximum atomic E-state index is 5.89. The predicted octanol–water partition coefficient (Wildman–Crippen LogP) is 1.65. The zero-order valence-corrected chi connectivity index (χ0v) is 13.9. The summed E-state index contributed by atoms with van der Waals surface area (Å²) in [4.78, 5) is 6.76. The van der Waals surface area contributed by atoms with Crippen LogP contribution in [0.2, 0.25) is 0 Å². The van der Waals surface area contributed by atoms with Crippen molar-refractivity contribution in [1.82, 2.24) is 10.2 Å². The van der Waals surface area contributed by atoms with Gasteiger partial charge in [0, 0.05) is 12.6 Å². The first-order valence-corrected chi connectivity index (χ1v) is 6.87. The standard InChI is InChI=1S/C13H26N4.HI/c1-17(2)12(11-6-7-11)9-16-13(14)15-8-10-4-3-5-10;/h10-12H,3-9H2,1-2H3,(H3,14,15,16);1H. The van der Waals surface area contributed by atoms with Gasteiger partial charge in [-0.1, -0.05) is 6.42 Å². The molecule has 1 unspecified atom stereocenters. The minimum atomic E-state index is 0. The van der Waals surface area contributed by atoms with Gasteiger partial charge in [-0.25, -0.2) is 0 Å². The monoisotopic (exact) mass is 366 g/mol. The Morgan fingerprint density at radius 2 is 2.00 bits per heavy atom. The minimum Gasteiger partial charge on any atom is -0.370 e. The van der Waals surface area contributed by atoms with Crippen LogP contribution in [0.3, 0.4) is 0 Å². The van der Waals surface area contributed by atoms with Crippen molar-refractivity contribution in [3.05, 3.63) is 0 Å². The molecule has 2 aliphatic rings. The van der Waals surface area contributed by atoms with Crippen molar-refractivity contribution >= 4 is 29.9 Å². The summed E-state index contributed by atoms with van der Waals surface area (Å²) in [5, 5.41) is 3.25. The average molecular weight is 366 g/mol. The highest BCUT2D eigenvalue weighted by Gasteiger charge is 2.32. The van der Waals surface area contributed by atoms with Gasteiger partial charge in [0.15, 0.2) is 5.96 Å². The molecule has 3 N–H and O–H groups in total. The van der Waals surface area contributed by atoms with E-state index in [9.17, 15) is 0 Å². The SMILES string of the molecule is CN(C)C(CN=C(N)NCC1CCC1)C1CC1.I. The van der Waals surface area contributed by atoms with Crippen LogP contribution in [0.5, 0.6) is 0 Å². The second-order valence-corrected chi connectivity index (χ2v) is 5.77. The van der Waals surface area contributed by atoms with Crippen LogP contribution < -0.4 is 11.1 Å². The average Bonchev–Trinajstić information content (AvgIpc) is 2.99. The topological polar surface area (TPSA) is 53.6 Å². The number of guanidine groups is 1. The van der Waals surface area contributed by atoms with Gasteiger partial charge < -0.3 is 16.0 Å². The number of nitrogens with one attached hydrogen (secondary N) is 1. The molecule has 0 radical (unpaired) electrons. The predicted molar refractivity (Wildman–Crippen MR) is 87.4 cm³/mol. The lowest BCUT2D eigenvalue weighted by molar-refractivity contribution is 0.271. The Hall–Kier alpha value is -0.0400. The van der Waals surface area contributed by atoms with E-state index in [-0.39, 0.29) is 24.0 Å². The Kier molecular flexibility index (Phi) is 6.70. The van der Waals surface area contributed by atoms with E-state index in [2.05, 4.69) is 29.3 Å². The van der Waals surface area contributed by atoms with Crippen LogP contribution >= 0.6 is 24.0 Å². The Morgan fingerprint density at radius 1 is 1.33 bits per heavy atom. The molecule has 1 atom stereocenters. The molecule has 2 rings (SSSR count). The van der Waals surface area contributed by atoms with Gasteiger partial charge in [-0.15, -0.1) is 24.0 Å². The molecule has 4 nitrogen and oxygen atoms in total. The maximum Gasteiger partial charge on any atom is 0.188 e. The van der Waals surface area contributed by atoms with Crippen molar-refractivity contribution in [2.24, 2.45) is 22.6 Å². The third-order valence-corrected chi connectivity index (χ3v) is 4.07. The van der Waals surface area contributed by atoms with Gasteiger partial charge in [0.1, 0.15) is 0 Å². The molecule has 5 heteroatoms. The smallest absolute Gasteiger partial charge is 0.188 e. The Bertz CT molecular complexity index is 270. The van der Waals surface area contributed by atoms with Gasteiger partial charge in [-0.05, 0) is 51.6 Å². The van der Waals surface area contributed by atoms with E-state index < -0.39 is 0 Å². The largest absolute Gasteiger partial charge is 0.370 e. The number of likely N-dealkylation sites (N-methyl/N-ethyl adjacent to an activating group) is 1. The van der Waals surface area contributed by atoms with Crippen LogP contribution in [0.25, 0.3) is 0 Å². The van der Waals surface area contributed by atoms with Gasteiger partial charge in [0.05, 0.1) is 6.54 Å². The van der Waals surface area contributed by atoms with Crippen molar-refractivity contribution in [2.75, 3.05) is 27.2 Å². The van der Waals surface area contributed by atoms with E-state index in [0.29, 0.717) is 12.0 Å². The first-order valence-electron chi connectivity index (χ1n) is 6.87. The molecule has 18 heavy (non-hydrogen) atoms. The molecule has 2 fully saturated rings. The molecule has 0 spiro atoms. The first kappa shape index (κ1) is 16.0. The number of aliphatic imine (C=N–C) groups is 1.